The smallest absolute Gasteiger partial charge is 0.191 e. The summed E-state index contributed by atoms with van der Waals surface area (Å²) >= 11 is 0. The minimum atomic E-state index is 0. The fourth-order valence-corrected chi connectivity index (χ4v) is 2.72. The molecule has 0 saturated heterocycles. The maximum Gasteiger partial charge on any atom is 0.191 e. The Labute approximate surface area is 180 Å². The Morgan fingerprint density at radius 1 is 1.22 bits per heavy atom. The fourth-order valence-electron chi connectivity index (χ4n) is 2.72. The molecule has 2 aromatic heterocycles. The topological polar surface area (TPSA) is 67.1 Å². The second-order valence-electron chi connectivity index (χ2n) is 7.06. The number of halogens is 1. The van der Waals surface area contributed by atoms with Crippen LogP contribution in [-0.4, -0.2) is 33.1 Å². The highest BCUT2D eigenvalue weighted by atomic mass is 127. The van der Waals surface area contributed by atoms with Gasteiger partial charge in [0.2, 0.25) is 0 Å². The summed E-state index contributed by atoms with van der Waals surface area (Å²) in [6, 6.07) is 4.45. The van der Waals surface area contributed by atoms with E-state index in [0.29, 0.717) is 12.6 Å². The molecule has 0 radical (unpaired) electrons. The van der Waals surface area contributed by atoms with E-state index in [2.05, 4.69) is 48.3 Å². The predicted molar refractivity (Wildman–Crippen MR) is 123 cm³/mol. The number of nitrogens with one attached hydrogen (secondary N) is 2. The Bertz CT molecular complexity index is 669. The van der Waals surface area contributed by atoms with Crippen molar-refractivity contribution in [3.8, 4) is 5.82 Å². The summed E-state index contributed by atoms with van der Waals surface area (Å²) in [6.07, 6.45) is 10.9. The van der Waals surface area contributed by atoms with Crippen molar-refractivity contribution in [1.82, 2.24) is 25.2 Å². The second-order valence-corrected chi connectivity index (χ2v) is 7.06. The molecule has 0 aliphatic carbocycles. The molecule has 0 spiro atoms. The highest BCUT2D eigenvalue weighted by molar-refractivity contribution is 14.0. The first kappa shape index (κ1) is 23.4. The van der Waals surface area contributed by atoms with Crippen LogP contribution in [0.3, 0.4) is 0 Å². The summed E-state index contributed by atoms with van der Waals surface area (Å²) in [4.78, 5) is 13.2. The van der Waals surface area contributed by atoms with Crippen LogP contribution in [0.4, 0.5) is 0 Å². The first-order valence-electron chi connectivity index (χ1n) is 9.56. The Kier molecular flexibility index (Phi) is 11.0. The van der Waals surface area contributed by atoms with Crippen molar-refractivity contribution >= 4 is 29.9 Å². The number of guanidine groups is 1. The molecule has 2 N–H and O–H groups in total. The number of hydrogen-bond donors (Lipinski definition) is 2. The van der Waals surface area contributed by atoms with Gasteiger partial charge in [0.15, 0.2) is 5.96 Å². The molecule has 1 unspecified atom stereocenters. The molecule has 0 amide bonds. The van der Waals surface area contributed by atoms with E-state index >= 15 is 0 Å². The van der Waals surface area contributed by atoms with Crippen LogP contribution >= 0.6 is 24.0 Å². The lowest BCUT2D eigenvalue weighted by molar-refractivity contribution is 0.491. The average Bonchev–Trinajstić information content (AvgIpc) is 3.14. The molecule has 2 rings (SSSR count). The van der Waals surface area contributed by atoms with E-state index in [-0.39, 0.29) is 24.0 Å². The van der Waals surface area contributed by atoms with Gasteiger partial charge in [0.25, 0.3) is 0 Å². The van der Waals surface area contributed by atoms with Gasteiger partial charge in [-0.05, 0) is 43.9 Å². The van der Waals surface area contributed by atoms with Gasteiger partial charge in [0.05, 0.1) is 6.54 Å². The molecule has 0 saturated carbocycles. The molecule has 7 heteroatoms. The normalized spacial score (nSPS) is 12.6. The van der Waals surface area contributed by atoms with Gasteiger partial charge in [0, 0.05) is 31.2 Å². The number of rotatable bonds is 9. The van der Waals surface area contributed by atoms with Gasteiger partial charge < -0.3 is 10.6 Å². The minimum Gasteiger partial charge on any atom is -0.357 e. The molecule has 0 fully saturated rings. The Hall–Kier alpha value is -1.64. The van der Waals surface area contributed by atoms with Crippen molar-refractivity contribution in [2.75, 3.05) is 6.54 Å². The van der Waals surface area contributed by atoms with Gasteiger partial charge in [0.1, 0.15) is 12.1 Å². The van der Waals surface area contributed by atoms with Crippen molar-refractivity contribution in [3.05, 3.63) is 42.6 Å². The molecule has 27 heavy (non-hydrogen) atoms. The molecular weight excluding hydrogens is 451 g/mol. The van der Waals surface area contributed by atoms with Crippen LogP contribution < -0.4 is 10.6 Å². The van der Waals surface area contributed by atoms with Crippen molar-refractivity contribution in [2.24, 2.45) is 10.9 Å². The van der Waals surface area contributed by atoms with E-state index in [9.17, 15) is 0 Å². The van der Waals surface area contributed by atoms with Gasteiger partial charge in [-0.1, -0.05) is 26.7 Å². The summed E-state index contributed by atoms with van der Waals surface area (Å²) in [6.45, 7) is 10.3. The van der Waals surface area contributed by atoms with Crippen molar-refractivity contribution in [2.45, 2.75) is 59.5 Å². The molecule has 2 aromatic rings. The molecule has 0 aliphatic heterocycles. The van der Waals surface area contributed by atoms with Crippen LogP contribution in [0.25, 0.3) is 5.82 Å². The lowest BCUT2D eigenvalue weighted by Gasteiger charge is -2.18. The molecule has 0 bridgehead atoms. The van der Waals surface area contributed by atoms with Crippen molar-refractivity contribution in [1.29, 1.82) is 0 Å². The zero-order valence-electron chi connectivity index (χ0n) is 16.9. The molecule has 1 atom stereocenters. The van der Waals surface area contributed by atoms with Gasteiger partial charge in [-0.3, -0.25) is 4.57 Å². The lowest BCUT2D eigenvalue weighted by atomic mass is 10.0. The van der Waals surface area contributed by atoms with Crippen LogP contribution in [0.1, 0.15) is 52.5 Å². The standard InChI is InChI=1S/C20H32N6.HI/c1-5-22-20(25-17(4)8-6-7-16(2)3)24-14-18-9-10-23-19(13-18)26-12-11-21-15-26;/h9-13,15-17H,5-8,14H2,1-4H3,(H2,22,24,25);1H. The number of pyridine rings is 1. The minimum absolute atomic E-state index is 0. The maximum atomic E-state index is 4.73. The number of hydrogen-bond acceptors (Lipinski definition) is 3. The summed E-state index contributed by atoms with van der Waals surface area (Å²) in [5, 5.41) is 6.85. The van der Waals surface area contributed by atoms with Crippen LogP contribution in [0.2, 0.25) is 0 Å². The summed E-state index contributed by atoms with van der Waals surface area (Å²) < 4.78 is 1.90. The van der Waals surface area contributed by atoms with Crippen LogP contribution in [0.5, 0.6) is 0 Å². The largest absolute Gasteiger partial charge is 0.357 e. The zero-order chi connectivity index (χ0) is 18.8. The van der Waals surface area contributed by atoms with E-state index in [1.54, 1.807) is 12.5 Å². The van der Waals surface area contributed by atoms with Gasteiger partial charge >= 0.3 is 0 Å². The van der Waals surface area contributed by atoms with Gasteiger partial charge in [-0.15, -0.1) is 24.0 Å². The molecule has 0 aromatic carbocycles. The predicted octanol–water partition coefficient (Wildman–Crippen LogP) is 4.16. The average molecular weight is 484 g/mol. The third-order valence-corrected chi connectivity index (χ3v) is 4.14. The molecule has 2 heterocycles. The highest BCUT2D eigenvalue weighted by Crippen LogP contribution is 2.09. The van der Waals surface area contributed by atoms with Crippen LogP contribution in [0.15, 0.2) is 42.0 Å². The third kappa shape index (κ3) is 8.73. The SMILES string of the molecule is CCNC(=NCc1ccnc(-n2ccnc2)c1)NC(C)CCCC(C)C.I. The fraction of sp³-hybridized carbons (Fsp3) is 0.550. The van der Waals surface area contributed by atoms with E-state index in [1.165, 1.54) is 12.8 Å². The zero-order valence-corrected chi connectivity index (χ0v) is 19.2. The number of aromatic nitrogens is 3. The van der Waals surface area contributed by atoms with E-state index in [4.69, 9.17) is 4.99 Å². The molecular formula is C20H33IN6. The van der Waals surface area contributed by atoms with Gasteiger partial charge in [-0.25, -0.2) is 15.0 Å². The molecule has 150 valence electrons. The summed E-state index contributed by atoms with van der Waals surface area (Å²) in [7, 11) is 0. The Balaban J connectivity index is 0.00000364. The van der Waals surface area contributed by atoms with Gasteiger partial charge in [-0.2, -0.15) is 0 Å². The van der Waals surface area contributed by atoms with E-state index in [0.717, 1.165) is 36.2 Å². The van der Waals surface area contributed by atoms with Crippen LogP contribution in [-0.2, 0) is 6.54 Å². The quantitative estimate of drug-likeness (QED) is 0.319. The third-order valence-electron chi connectivity index (χ3n) is 4.14. The van der Waals surface area contributed by atoms with Crippen molar-refractivity contribution in [3.63, 3.8) is 0 Å². The monoisotopic (exact) mass is 484 g/mol. The highest BCUT2D eigenvalue weighted by Gasteiger charge is 2.06. The summed E-state index contributed by atoms with van der Waals surface area (Å²) in [5.41, 5.74) is 1.12. The Morgan fingerprint density at radius 2 is 2.04 bits per heavy atom. The van der Waals surface area contributed by atoms with Crippen LogP contribution in [0, 0.1) is 5.92 Å². The summed E-state index contributed by atoms with van der Waals surface area (Å²) in [5.74, 6) is 2.49. The number of aliphatic imine (C=N–C) groups is 1. The number of nitrogens with zero attached hydrogens (tertiary/aromatic N) is 4. The van der Waals surface area contributed by atoms with E-state index in [1.807, 2.05) is 29.1 Å². The first-order chi connectivity index (χ1) is 12.6. The van der Waals surface area contributed by atoms with E-state index < -0.39 is 0 Å². The number of imidazole rings is 1. The Morgan fingerprint density at radius 3 is 2.70 bits per heavy atom. The first-order valence-corrected chi connectivity index (χ1v) is 9.56. The molecule has 6 nitrogen and oxygen atoms in total. The maximum absolute atomic E-state index is 4.73. The lowest BCUT2D eigenvalue weighted by Crippen LogP contribution is -2.42. The van der Waals surface area contributed by atoms with Crippen molar-refractivity contribution < 1.29 is 0 Å². The second kappa shape index (κ2) is 12.7. The molecule has 0 aliphatic rings.